The van der Waals surface area contributed by atoms with Crippen molar-refractivity contribution in [1.82, 2.24) is 0 Å². The summed E-state index contributed by atoms with van der Waals surface area (Å²) in [5.41, 5.74) is 6.02. The number of rotatable bonds is 1. The van der Waals surface area contributed by atoms with Crippen molar-refractivity contribution in [3.05, 3.63) is 23.8 Å². The summed E-state index contributed by atoms with van der Waals surface area (Å²) in [6.07, 6.45) is -3.29. The first kappa shape index (κ1) is 14.0. The molecule has 1 aliphatic heterocycles. The Morgan fingerprint density at radius 3 is 2.42 bits per heavy atom. The highest BCUT2D eigenvalue weighted by molar-refractivity contribution is 5.69. The van der Waals surface area contributed by atoms with Gasteiger partial charge >= 0.3 is 6.18 Å². The molecule has 1 aliphatic rings. The molecular formula is C14H19F3N2. The van der Waals surface area contributed by atoms with Gasteiger partial charge in [-0.25, -0.2) is 0 Å². The second kappa shape index (κ2) is 4.94. The topological polar surface area (TPSA) is 29.3 Å². The number of benzene rings is 1. The largest absolute Gasteiger partial charge is 0.416 e. The normalized spacial score (nSPS) is 24.6. The van der Waals surface area contributed by atoms with Crippen LogP contribution in [0.1, 0.15) is 25.8 Å². The Bertz CT molecular complexity index is 456. The van der Waals surface area contributed by atoms with Crippen molar-refractivity contribution in [2.24, 2.45) is 11.8 Å². The van der Waals surface area contributed by atoms with Gasteiger partial charge in [-0.2, -0.15) is 13.2 Å². The number of piperidine rings is 1. The number of nitrogen functional groups attached to an aromatic ring is 1. The Kier molecular flexibility index (Phi) is 3.65. The van der Waals surface area contributed by atoms with Crippen molar-refractivity contribution in [3.8, 4) is 0 Å². The van der Waals surface area contributed by atoms with E-state index in [2.05, 4.69) is 18.7 Å². The zero-order valence-corrected chi connectivity index (χ0v) is 11.2. The predicted molar refractivity (Wildman–Crippen MR) is 71.0 cm³/mol. The molecule has 0 saturated carbocycles. The second-order valence-electron chi connectivity index (χ2n) is 5.46. The Morgan fingerprint density at radius 1 is 1.21 bits per heavy atom. The first-order chi connectivity index (χ1) is 8.79. The molecule has 1 saturated heterocycles. The minimum Gasteiger partial charge on any atom is -0.397 e. The zero-order chi connectivity index (χ0) is 14.2. The first-order valence-electron chi connectivity index (χ1n) is 6.50. The molecule has 2 rings (SSSR count). The van der Waals surface area contributed by atoms with Crippen molar-refractivity contribution >= 4 is 11.4 Å². The third kappa shape index (κ3) is 2.96. The fourth-order valence-electron chi connectivity index (χ4n) is 2.50. The summed E-state index contributed by atoms with van der Waals surface area (Å²) in [4.78, 5) is 2.08. The smallest absolute Gasteiger partial charge is 0.397 e. The number of halogens is 3. The standard InChI is InChI=1S/C14H19F3N2/c1-9-5-6-19(8-10(9)2)13-4-3-11(7-12(13)18)14(15,16)17/h3-4,7,9-10H,5-6,8,18H2,1-2H3. The van der Waals surface area contributed by atoms with Crippen LogP contribution in [0.3, 0.4) is 0 Å². The molecule has 0 spiro atoms. The van der Waals surface area contributed by atoms with E-state index < -0.39 is 11.7 Å². The van der Waals surface area contributed by atoms with Gasteiger partial charge in [-0.1, -0.05) is 13.8 Å². The van der Waals surface area contributed by atoms with Gasteiger partial charge in [-0.15, -0.1) is 0 Å². The maximum atomic E-state index is 12.6. The highest BCUT2D eigenvalue weighted by atomic mass is 19.4. The number of hydrogen-bond donors (Lipinski definition) is 1. The van der Waals surface area contributed by atoms with Crippen LogP contribution in [-0.4, -0.2) is 13.1 Å². The molecule has 19 heavy (non-hydrogen) atoms. The molecule has 0 bridgehead atoms. The SMILES string of the molecule is CC1CCN(c2ccc(C(F)(F)F)cc2N)CC1C. The molecule has 2 unspecified atom stereocenters. The Hall–Kier alpha value is -1.39. The number of alkyl halides is 3. The van der Waals surface area contributed by atoms with Gasteiger partial charge in [0.05, 0.1) is 16.9 Å². The van der Waals surface area contributed by atoms with Crippen LogP contribution in [0.5, 0.6) is 0 Å². The Balaban J connectivity index is 2.22. The van der Waals surface area contributed by atoms with Gasteiger partial charge in [0.25, 0.3) is 0 Å². The van der Waals surface area contributed by atoms with Crippen molar-refractivity contribution < 1.29 is 13.2 Å². The average Bonchev–Trinajstić information content (AvgIpc) is 2.31. The number of hydrogen-bond acceptors (Lipinski definition) is 2. The van der Waals surface area contributed by atoms with E-state index in [4.69, 9.17) is 5.73 Å². The molecule has 1 heterocycles. The summed E-state index contributed by atoms with van der Waals surface area (Å²) < 4.78 is 37.8. The third-order valence-corrected chi connectivity index (χ3v) is 4.03. The van der Waals surface area contributed by atoms with Crippen LogP contribution in [0.15, 0.2) is 18.2 Å². The minimum absolute atomic E-state index is 0.205. The van der Waals surface area contributed by atoms with Crippen molar-refractivity contribution in [2.75, 3.05) is 23.7 Å². The lowest BCUT2D eigenvalue weighted by atomic mass is 9.88. The Labute approximate surface area is 111 Å². The minimum atomic E-state index is -4.34. The van der Waals surface area contributed by atoms with E-state index in [9.17, 15) is 13.2 Å². The van der Waals surface area contributed by atoms with Gasteiger partial charge in [-0.05, 0) is 36.5 Å². The summed E-state index contributed by atoms with van der Waals surface area (Å²) in [5, 5.41) is 0. The molecular weight excluding hydrogens is 253 g/mol. The summed E-state index contributed by atoms with van der Waals surface area (Å²) in [6, 6.07) is 3.62. The van der Waals surface area contributed by atoms with E-state index in [0.717, 1.165) is 31.6 Å². The zero-order valence-electron chi connectivity index (χ0n) is 11.2. The third-order valence-electron chi connectivity index (χ3n) is 4.03. The quantitative estimate of drug-likeness (QED) is 0.788. The van der Waals surface area contributed by atoms with E-state index in [0.29, 0.717) is 17.5 Å². The van der Waals surface area contributed by atoms with Gasteiger partial charge in [0, 0.05) is 13.1 Å². The molecule has 0 aliphatic carbocycles. The van der Waals surface area contributed by atoms with E-state index in [1.807, 2.05) is 0 Å². The van der Waals surface area contributed by atoms with Gasteiger partial charge < -0.3 is 10.6 Å². The van der Waals surface area contributed by atoms with Crippen LogP contribution in [0.4, 0.5) is 24.5 Å². The number of nitrogens with two attached hydrogens (primary N) is 1. The highest BCUT2D eigenvalue weighted by Gasteiger charge is 2.31. The molecule has 1 fully saturated rings. The summed E-state index contributed by atoms with van der Waals surface area (Å²) in [7, 11) is 0. The molecule has 0 aromatic heterocycles. The van der Waals surface area contributed by atoms with Crippen LogP contribution in [-0.2, 0) is 6.18 Å². The highest BCUT2D eigenvalue weighted by Crippen LogP contribution is 2.36. The molecule has 2 nitrogen and oxygen atoms in total. The van der Waals surface area contributed by atoms with Crippen LogP contribution >= 0.6 is 0 Å². The Morgan fingerprint density at radius 2 is 1.89 bits per heavy atom. The van der Waals surface area contributed by atoms with Crippen molar-refractivity contribution in [2.45, 2.75) is 26.4 Å². The molecule has 106 valence electrons. The first-order valence-corrected chi connectivity index (χ1v) is 6.50. The van der Waals surface area contributed by atoms with E-state index >= 15 is 0 Å². The van der Waals surface area contributed by atoms with Crippen LogP contribution in [0.25, 0.3) is 0 Å². The van der Waals surface area contributed by atoms with Gasteiger partial charge in [-0.3, -0.25) is 0 Å². The maximum absolute atomic E-state index is 12.6. The molecule has 2 atom stereocenters. The van der Waals surface area contributed by atoms with Crippen LogP contribution < -0.4 is 10.6 Å². The van der Waals surface area contributed by atoms with Crippen molar-refractivity contribution in [1.29, 1.82) is 0 Å². The monoisotopic (exact) mass is 272 g/mol. The molecule has 1 aromatic carbocycles. The second-order valence-corrected chi connectivity index (χ2v) is 5.46. The number of nitrogens with zero attached hydrogens (tertiary/aromatic N) is 1. The average molecular weight is 272 g/mol. The molecule has 1 aromatic rings. The summed E-state index contributed by atoms with van der Waals surface area (Å²) in [6.45, 7) is 6.06. The summed E-state index contributed by atoms with van der Waals surface area (Å²) >= 11 is 0. The van der Waals surface area contributed by atoms with Crippen LogP contribution in [0, 0.1) is 11.8 Å². The van der Waals surface area contributed by atoms with Gasteiger partial charge in [0.2, 0.25) is 0 Å². The fraction of sp³-hybridized carbons (Fsp3) is 0.571. The van der Waals surface area contributed by atoms with Crippen molar-refractivity contribution in [3.63, 3.8) is 0 Å². The molecule has 0 amide bonds. The summed E-state index contributed by atoms with van der Waals surface area (Å²) in [5.74, 6) is 1.17. The maximum Gasteiger partial charge on any atom is 0.416 e. The van der Waals surface area contributed by atoms with E-state index in [1.54, 1.807) is 0 Å². The van der Waals surface area contributed by atoms with E-state index in [-0.39, 0.29) is 5.69 Å². The molecule has 0 radical (unpaired) electrons. The van der Waals surface area contributed by atoms with Crippen LogP contribution in [0.2, 0.25) is 0 Å². The van der Waals surface area contributed by atoms with E-state index in [1.165, 1.54) is 6.07 Å². The lowest BCUT2D eigenvalue weighted by Gasteiger charge is -2.37. The lowest BCUT2D eigenvalue weighted by Crippen LogP contribution is -2.38. The molecule has 5 heteroatoms. The molecule has 2 N–H and O–H groups in total. The fourth-order valence-corrected chi connectivity index (χ4v) is 2.50. The van der Waals surface area contributed by atoms with Gasteiger partial charge in [0.1, 0.15) is 0 Å². The number of anilines is 2. The van der Waals surface area contributed by atoms with Gasteiger partial charge in [0.15, 0.2) is 0 Å². The predicted octanol–water partition coefficient (Wildman–Crippen LogP) is 3.77. The lowest BCUT2D eigenvalue weighted by molar-refractivity contribution is -0.137.